The maximum absolute atomic E-state index is 5.44. The minimum absolute atomic E-state index is 0.638. The number of rotatable bonds is 5. The number of fused-ring (bicyclic) bond motifs is 1. The summed E-state index contributed by atoms with van der Waals surface area (Å²) in [5, 5.41) is 6.38. The molecule has 0 N–H and O–H groups in total. The Morgan fingerprint density at radius 2 is 2.04 bits per heavy atom. The first-order chi connectivity index (χ1) is 12.1. The van der Waals surface area contributed by atoms with E-state index >= 15 is 0 Å². The van der Waals surface area contributed by atoms with Crippen LogP contribution in [0.3, 0.4) is 0 Å². The highest BCUT2D eigenvalue weighted by Crippen LogP contribution is 2.30. The van der Waals surface area contributed by atoms with Gasteiger partial charge in [-0.3, -0.25) is 4.31 Å². The fraction of sp³-hybridized carbons (Fsp3) is 0.333. The maximum Gasteiger partial charge on any atom is 0.144 e. The van der Waals surface area contributed by atoms with Gasteiger partial charge in [0.05, 0.1) is 17.9 Å². The van der Waals surface area contributed by atoms with Crippen molar-refractivity contribution in [3.8, 4) is 11.4 Å². The van der Waals surface area contributed by atoms with Crippen LogP contribution >= 0.6 is 11.9 Å². The van der Waals surface area contributed by atoms with Crippen molar-refractivity contribution in [1.29, 1.82) is 0 Å². The van der Waals surface area contributed by atoms with E-state index in [1.807, 2.05) is 53.3 Å². The number of hydrogen-bond acceptors (Lipinski definition) is 6. The fourth-order valence-corrected chi connectivity index (χ4v) is 4.10. The molecule has 0 aliphatic carbocycles. The van der Waals surface area contributed by atoms with Crippen molar-refractivity contribution in [2.24, 2.45) is 0 Å². The Bertz CT molecular complexity index is 888. The van der Waals surface area contributed by atoms with Gasteiger partial charge in [0.15, 0.2) is 0 Å². The van der Waals surface area contributed by atoms with Crippen molar-refractivity contribution in [2.45, 2.75) is 5.25 Å². The molecule has 6 nitrogen and oxygen atoms in total. The monoisotopic (exact) mass is 355 g/mol. The molecule has 0 unspecified atom stereocenters. The van der Waals surface area contributed by atoms with E-state index < -0.39 is 0 Å². The van der Waals surface area contributed by atoms with Crippen LogP contribution in [0.4, 0.5) is 5.82 Å². The summed E-state index contributed by atoms with van der Waals surface area (Å²) in [6, 6.07) is 9.94. The molecular formula is C18H21N5OS. The summed E-state index contributed by atoms with van der Waals surface area (Å²) in [5.41, 5.74) is 1.87. The highest BCUT2D eigenvalue weighted by Gasteiger charge is 2.29. The Morgan fingerprint density at radius 3 is 2.80 bits per heavy atom. The molecule has 0 bridgehead atoms. The van der Waals surface area contributed by atoms with E-state index in [1.54, 1.807) is 7.11 Å². The third-order valence-electron chi connectivity index (χ3n) is 4.24. The summed E-state index contributed by atoms with van der Waals surface area (Å²) < 4.78 is 9.45. The molecule has 7 heteroatoms. The molecule has 1 aliphatic rings. The first-order valence-electron chi connectivity index (χ1n) is 8.22. The van der Waals surface area contributed by atoms with E-state index in [4.69, 9.17) is 9.84 Å². The van der Waals surface area contributed by atoms with Gasteiger partial charge in [0.1, 0.15) is 17.3 Å². The smallest absolute Gasteiger partial charge is 0.144 e. The summed E-state index contributed by atoms with van der Waals surface area (Å²) in [6.07, 6.45) is 3.89. The first-order valence-corrected chi connectivity index (χ1v) is 9.05. The van der Waals surface area contributed by atoms with Crippen LogP contribution in [-0.2, 0) is 0 Å². The van der Waals surface area contributed by atoms with Gasteiger partial charge in [0, 0.05) is 36.9 Å². The Morgan fingerprint density at radius 1 is 1.24 bits per heavy atom. The predicted octanol–water partition coefficient (Wildman–Crippen LogP) is 2.83. The molecule has 4 rings (SSSR count). The van der Waals surface area contributed by atoms with Crippen LogP contribution < -0.4 is 9.64 Å². The Hall–Kier alpha value is -2.25. The molecule has 3 heterocycles. The van der Waals surface area contributed by atoms with Gasteiger partial charge in [-0.05, 0) is 26.2 Å². The number of anilines is 1. The van der Waals surface area contributed by atoms with Gasteiger partial charge in [-0.25, -0.2) is 9.67 Å². The highest BCUT2D eigenvalue weighted by molar-refractivity contribution is 7.97. The minimum Gasteiger partial charge on any atom is -0.494 e. The van der Waals surface area contributed by atoms with Gasteiger partial charge in [-0.2, -0.15) is 5.10 Å². The fourth-order valence-electron chi connectivity index (χ4n) is 3.01. The molecule has 25 heavy (non-hydrogen) atoms. The molecule has 0 spiro atoms. The van der Waals surface area contributed by atoms with Crippen molar-refractivity contribution in [3.05, 3.63) is 42.7 Å². The van der Waals surface area contributed by atoms with Crippen LogP contribution in [0.15, 0.2) is 42.7 Å². The largest absolute Gasteiger partial charge is 0.494 e. The lowest BCUT2D eigenvalue weighted by atomic mass is 10.2. The first kappa shape index (κ1) is 16.2. The number of aromatic nitrogens is 3. The Balaban J connectivity index is 1.58. The van der Waals surface area contributed by atoms with Crippen molar-refractivity contribution < 1.29 is 4.74 Å². The van der Waals surface area contributed by atoms with Crippen molar-refractivity contribution in [2.75, 3.05) is 39.2 Å². The summed E-state index contributed by atoms with van der Waals surface area (Å²) in [6.45, 7) is 2.04. The second-order valence-electron chi connectivity index (χ2n) is 6.29. The van der Waals surface area contributed by atoms with Gasteiger partial charge in [-0.15, -0.1) is 0 Å². The van der Waals surface area contributed by atoms with Crippen molar-refractivity contribution in [3.63, 3.8) is 0 Å². The molecular weight excluding hydrogens is 334 g/mol. The van der Waals surface area contributed by atoms with E-state index in [0.29, 0.717) is 5.25 Å². The molecule has 3 aromatic rings. The van der Waals surface area contributed by atoms with Gasteiger partial charge in [-0.1, -0.05) is 24.1 Å². The van der Waals surface area contributed by atoms with Crippen molar-refractivity contribution in [1.82, 2.24) is 19.1 Å². The number of hydrogen-bond donors (Lipinski definition) is 0. The van der Waals surface area contributed by atoms with Crippen molar-refractivity contribution >= 4 is 28.7 Å². The molecule has 0 radical (unpaired) electrons. The highest BCUT2D eigenvalue weighted by atomic mass is 32.2. The summed E-state index contributed by atoms with van der Waals surface area (Å²) >= 11 is 1.88. The van der Waals surface area contributed by atoms with Crippen LogP contribution in [-0.4, -0.2) is 58.6 Å². The average Bonchev–Trinajstić information content (AvgIpc) is 3.00. The number of para-hydroxylation sites is 2. The summed E-state index contributed by atoms with van der Waals surface area (Å²) in [7, 11) is 5.85. The van der Waals surface area contributed by atoms with Crippen LogP contribution in [0.2, 0.25) is 0 Å². The number of pyridine rings is 1. The van der Waals surface area contributed by atoms with E-state index in [-0.39, 0.29) is 0 Å². The number of benzene rings is 1. The Kier molecular flexibility index (Phi) is 4.27. The zero-order valence-corrected chi connectivity index (χ0v) is 15.4. The van der Waals surface area contributed by atoms with Gasteiger partial charge in [0.2, 0.25) is 0 Å². The average molecular weight is 355 g/mol. The molecule has 0 saturated carbocycles. The zero-order chi connectivity index (χ0) is 17.4. The maximum atomic E-state index is 5.44. The molecule has 0 atom stereocenters. The third-order valence-corrected chi connectivity index (χ3v) is 5.26. The number of methoxy groups -OCH3 is 1. The van der Waals surface area contributed by atoms with E-state index in [2.05, 4.69) is 34.4 Å². The van der Waals surface area contributed by atoms with Gasteiger partial charge < -0.3 is 9.64 Å². The molecule has 1 aromatic carbocycles. The lowest BCUT2D eigenvalue weighted by Gasteiger charge is -2.40. The molecule has 130 valence electrons. The molecule has 0 amide bonds. The standard InChI is InChI=1S/C18H21N5OS/c1-21(2)25-14-11-22(12-14)18-8-15-13(9-19-18)10-23(20-15)16-6-4-5-7-17(16)24-3/h4-10,14H,11-12H2,1-3H3. The van der Waals surface area contributed by atoms with Crippen LogP contribution in [0.1, 0.15) is 0 Å². The molecule has 2 aromatic heterocycles. The summed E-state index contributed by atoms with van der Waals surface area (Å²) in [4.78, 5) is 6.90. The Labute approximate surface area is 151 Å². The lowest BCUT2D eigenvalue weighted by molar-refractivity contribution is 0.412. The molecule has 1 saturated heterocycles. The summed E-state index contributed by atoms with van der Waals surface area (Å²) in [5.74, 6) is 1.79. The topological polar surface area (TPSA) is 46.4 Å². The van der Waals surface area contributed by atoms with E-state index in [1.165, 1.54) is 0 Å². The van der Waals surface area contributed by atoms with Gasteiger partial charge in [0.25, 0.3) is 0 Å². The number of ether oxygens (including phenoxy) is 1. The zero-order valence-electron chi connectivity index (χ0n) is 14.6. The van der Waals surface area contributed by atoms with Gasteiger partial charge >= 0.3 is 0 Å². The third kappa shape index (κ3) is 3.17. The van der Waals surface area contributed by atoms with Crippen LogP contribution in [0.25, 0.3) is 16.6 Å². The predicted molar refractivity (Wildman–Crippen MR) is 103 cm³/mol. The molecule has 1 aliphatic heterocycles. The van der Waals surface area contributed by atoms with E-state index in [9.17, 15) is 0 Å². The second kappa shape index (κ2) is 6.57. The number of nitrogens with zero attached hydrogens (tertiary/aromatic N) is 5. The van der Waals surface area contributed by atoms with Crippen LogP contribution in [0.5, 0.6) is 5.75 Å². The molecule has 1 fully saturated rings. The minimum atomic E-state index is 0.638. The lowest BCUT2D eigenvalue weighted by Crippen LogP contribution is -2.50. The quantitative estimate of drug-likeness (QED) is 0.656. The SMILES string of the molecule is COc1ccccc1-n1cc2cnc(N3CC(SN(C)C)C3)cc2n1. The normalized spacial score (nSPS) is 15.0. The second-order valence-corrected chi connectivity index (χ2v) is 7.90. The van der Waals surface area contributed by atoms with Crippen LogP contribution in [0, 0.1) is 0 Å². The van der Waals surface area contributed by atoms with E-state index in [0.717, 1.165) is 41.2 Å².